The highest BCUT2D eigenvalue weighted by Gasteiger charge is 2.27. The van der Waals surface area contributed by atoms with E-state index in [9.17, 15) is 9.59 Å². The topological polar surface area (TPSA) is 58.6 Å². The van der Waals surface area contributed by atoms with Crippen LogP contribution in [0.25, 0.3) is 0 Å². The van der Waals surface area contributed by atoms with E-state index < -0.39 is 17.7 Å². The molecule has 0 saturated carbocycles. The third kappa shape index (κ3) is 6.30. The van der Waals surface area contributed by atoms with Crippen LogP contribution in [0, 0.1) is 0 Å². The van der Waals surface area contributed by atoms with E-state index in [1.54, 1.807) is 20.8 Å². The second-order valence-corrected chi connectivity index (χ2v) is 6.70. The maximum absolute atomic E-state index is 12.6. The first-order valence-electron chi connectivity index (χ1n) is 8.21. The number of amides is 3. The highest BCUT2D eigenvalue weighted by molar-refractivity contribution is 5.91. The van der Waals surface area contributed by atoms with Crippen molar-refractivity contribution in [1.82, 2.24) is 10.2 Å². The molecule has 0 heterocycles. The van der Waals surface area contributed by atoms with Crippen molar-refractivity contribution in [1.29, 1.82) is 0 Å². The largest absolute Gasteiger partial charge is 0.443 e. The lowest BCUT2D eigenvalue weighted by Gasteiger charge is -2.26. The molecule has 5 heteroatoms. The molecule has 1 N–H and O–H groups in total. The summed E-state index contributed by atoms with van der Waals surface area (Å²) < 4.78 is 5.37. The molecule has 2 aromatic rings. The Morgan fingerprint density at radius 1 is 0.920 bits per heavy atom. The molecule has 2 rings (SSSR count). The Bertz CT molecular complexity index is 694. The van der Waals surface area contributed by atoms with Crippen LogP contribution in [0.2, 0.25) is 0 Å². The number of hydrogen-bond donors (Lipinski definition) is 1. The number of ether oxygens (including phenoxy) is 1. The predicted molar refractivity (Wildman–Crippen MR) is 96.9 cm³/mol. The third-order valence-corrected chi connectivity index (χ3v) is 3.33. The molecule has 2 aromatic carbocycles. The maximum atomic E-state index is 12.6. The average Bonchev–Trinajstić information content (AvgIpc) is 2.58. The zero-order chi connectivity index (χ0) is 18.3. The molecule has 0 spiro atoms. The van der Waals surface area contributed by atoms with Crippen molar-refractivity contribution in [2.24, 2.45) is 0 Å². The van der Waals surface area contributed by atoms with E-state index in [1.807, 2.05) is 60.7 Å². The summed E-state index contributed by atoms with van der Waals surface area (Å²) in [5, 5.41) is 2.77. The highest BCUT2D eigenvalue weighted by Crippen LogP contribution is 2.13. The van der Waals surface area contributed by atoms with Crippen LogP contribution in [0.3, 0.4) is 0 Å². The molecule has 25 heavy (non-hydrogen) atoms. The summed E-state index contributed by atoms with van der Waals surface area (Å²) >= 11 is 0. The molecule has 5 nitrogen and oxygen atoms in total. The minimum Gasteiger partial charge on any atom is -0.443 e. The van der Waals surface area contributed by atoms with Crippen LogP contribution in [0.15, 0.2) is 60.7 Å². The summed E-state index contributed by atoms with van der Waals surface area (Å²) in [6, 6.07) is 18.4. The number of carbonyl (C=O) groups is 2. The van der Waals surface area contributed by atoms with Crippen molar-refractivity contribution >= 4 is 12.1 Å². The molecular weight excluding hydrogens is 316 g/mol. The second kappa shape index (κ2) is 8.33. The first-order valence-corrected chi connectivity index (χ1v) is 8.21. The Morgan fingerprint density at radius 3 is 1.96 bits per heavy atom. The van der Waals surface area contributed by atoms with Crippen LogP contribution in [-0.2, 0) is 17.8 Å². The number of nitrogens with zero attached hydrogens (tertiary/aromatic N) is 1. The van der Waals surface area contributed by atoms with Gasteiger partial charge in [0.25, 0.3) is 0 Å². The van der Waals surface area contributed by atoms with Crippen molar-refractivity contribution in [2.45, 2.75) is 39.5 Å². The van der Waals surface area contributed by atoms with Gasteiger partial charge < -0.3 is 10.1 Å². The van der Waals surface area contributed by atoms with Gasteiger partial charge in [0.15, 0.2) is 0 Å². The molecule has 0 atom stereocenters. The molecule has 0 aliphatic carbocycles. The van der Waals surface area contributed by atoms with Crippen LogP contribution < -0.4 is 5.32 Å². The summed E-state index contributed by atoms with van der Waals surface area (Å²) in [4.78, 5) is 26.1. The molecule has 132 valence electrons. The van der Waals surface area contributed by atoms with Crippen LogP contribution >= 0.6 is 0 Å². The molecular formula is C20H24N2O3. The van der Waals surface area contributed by atoms with Gasteiger partial charge in [0, 0.05) is 6.54 Å². The normalized spacial score (nSPS) is 10.8. The Balaban J connectivity index is 2.09. The molecule has 0 aromatic heterocycles. The number of carbonyl (C=O) groups excluding carboxylic acids is 2. The van der Waals surface area contributed by atoms with Crippen molar-refractivity contribution < 1.29 is 14.3 Å². The highest BCUT2D eigenvalue weighted by atomic mass is 16.6. The molecule has 0 unspecified atom stereocenters. The number of urea groups is 1. The molecule has 0 fully saturated rings. The van der Waals surface area contributed by atoms with E-state index in [4.69, 9.17) is 4.74 Å². The van der Waals surface area contributed by atoms with Crippen molar-refractivity contribution in [3.8, 4) is 0 Å². The molecule has 0 radical (unpaired) electrons. The fourth-order valence-electron chi connectivity index (χ4n) is 2.17. The standard InChI is InChI=1S/C20H24N2O3/c1-20(2,3)25-19(24)22(15-17-12-8-5-9-13-17)18(23)21-14-16-10-6-4-7-11-16/h4-13H,14-15H2,1-3H3,(H,21,23). The smallest absolute Gasteiger partial charge is 0.418 e. The molecule has 0 aliphatic heterocycles. The zero-order valence-electron chi connectivity index (χ0n) is 14.9. The molecule has 0 bridgehead atoms. The van der Waals surface area contributed by atoms with E-state index in [0.717, 1.165) is 16.0 Å². The summed E-state index contributed by atoms with van der Waals surface area (Å²) in [5.41, 5.74) is 1.13. The molecule has 0 aliphatic rings. The minimum atomic E-state index is -0.675. The van der Waals surface area contributed by atoms with Crippen LogP contribution in [0.1, 0.15) is 31.9 Å². The number of imide groups is 1. The third-order valence-electron chi connectivity index (χ3n) is 3.33. The van der Waals surface area contributed by atoms with Gasteiger partial charge in [0.2, 0.25) is 0 Å². The first-order chi connectivity index (χ1) is 11.8. The lowest BCUT2D eigenvalue weighted by Crippen LogP contribution is -2.45. The fourth-order valence-corrected chi connectivity index (χ4v) is 2.17. The van der Waals surface area contributed by atoms with Crippen molar-refractivity contribution in [2.75, 3.05) is 0 Å². The van der Waals surface area contributed by atoms with E-state index in [0.29, 0.717) is 6.54 Å². The van der Waals surface area contributed by atoms with Gasteiger partial charge in [-0.2, -0.15) is 0 Å². The average molecular weight is 340 g/mol. The van der Waals surface area contributed by atoms with E-state index >= 15 is 0 Å². The molecule has 3 amide bonds. The fraction of sp³-hybridized carbons (Fsp3) is 0.300. The Hall–Kier alpha value is -2.82. The van der Waals surface area contributed by atoms with Gasteiger partial charge in [-0.25, -0.2) is 14.5 Å². The summed E-state index contributed by atoms with van der Waals surface area (Å²) in [7, 11) is 0. The summed E-state index contributed by atoms with van der Waals surface area (Å²) in [6.07, 6.45) is -0.665. The summed E-state index contributed by atoms with van der Waals surface area (Å²) in [6.45, 7) is 5.80. The number of nitrogens with one attached hydrogen (secondary N) is 1. The second-order valence-electron chi connectivity index (χ2n) is 6.70. The van der Waals surface area contributed by atoms with E-state index in [-0.39, 0.29) is 6.54 Å². The van der Waals surface area contributed by atoms with Crippen LogP contribution in [-0.4, -0.2) is 22.6 Å². The maximum Gasteiger partial charge on any atom is 0.418 e. The predicted octanol–water partition coefficient (Wildman–Crippen LogP) is 4.33. The lowest BCUT2D eigenvalue weighted by atomic mass is 10.2. The number of rotatable bonds is 4. The van der Waals surface area contributed by atoms with Gasteiger partial charge in [0.05, 0.1) is 6.54 Å². The van der Waals surface area contributed by atoms with E-state index in [2.05, 4.69) is 5.32 Å². The minimum absolute atomic E-state index is 0.149. The van der Waals surface area contributed by atoms with Gasteiger partial charge in [-0.05, 0) is 31.9 Å². The van der Waals surface area contributed by atoms with Gasteiger partial charge in [0.1, 0.15) is 5.60 Å². The first kappa shape index (κ1) is 18.5. The van der Waals surface area contributed by atoms with Gasteiger partial charge in [-0.15, -0.1) is 0 Å². The monoisotopic (exact) mass is 340 g/mol. The molecule has 0 saturated heterocycles. The van der Waals surface area contributed by atoms with E-state index in [1.165, 1.54) is 0 Å². The van der Waals surface area contributed by atoms with Crippen LogP contribution in [0.4, 0.5) is 9.59 Å². The van der Waals surface area contributed by atoms with Gasteiger partial charge in [-0.3, -0.25) is 0 Å². The SMILES string of the molecule is CC(C)(C)OC(=O)N(Cc1ccccc1)C(=O)NCc1ccccc1. The lowest BCUT2D eigenvalue weighted by molar-refractivity contribution is 0.0308. The Morgan fingerprint density at radius 2 is 1.44 bits per heavy atom. The van der Waals surface area contributed by atoms with Crippen molar-refractivity contribution in [3.63, 3.8) is 0 Å². The van der Waals surface area contributed by atoms with Gasteiger partial charge in [-0.1, -0.05) is 60.7 Å². The number of benzene rings is 2. The Kier molecular flexibility index (Phi) is 6.17. The van der Waals surface area contributed by atoms with Crippen LogP contribution in [0.5, 0.6) is 0 Å². The Labute approximate surface area is 148 Å². The van der Waals surface area contributed by atoms with Gasteiger partial charge >= 0.3 is 12.1 Å². The quantitative estimate of drug-likeness (QED) is 0.901. The summed E-state index contributed by atoms with van der Waals surface area (Å²) in [5.74, 6) is 0. The zero-order valence-corrected chi connectivity index (χ0v) is 14.9. The van der Waals surface area contributed by atoms with Crippen molar-refractivity contribution in [3.05, 3.63) is 71.8 Å². The number of hydrogen-bond acceptors (Lipinski definition) is 3.